The largest absolute Gasteiger partial charge is 0.381 e. The quantitative estimate of drug-likeness (QED) is 0.553. The summed E-state index contributed by atoms with van der Waals surface area (Å²) in [5.74, 6) is 0.369. The molecule has 2 aliphatic rings. The Hall–Kier alpha value is -1.38. The first-order chi connectivity index (χ1) is 10.7. The predicted molar refractivity (Wildman–Crippen MR) is 80.3 cm³/mol. The number of nitrogens with two attached hydrogens (primary N) is 1. The Kier molecular flexibility index (Phi) is 6.88. The third-order valence-electron chi connectivity index (χ3n) is 4.18. The zero-order valence-electron chi connectivity index (χ0n) is 12.9. The molecule has 8 heteroatoms. The van der Waals surface area contributed by atoms with Crippen molar-refractivity contribution in [2.45, 2.75) is 18.9 Å². The third-order valence-corrected chi connectivity index (χ3v) is 4.18. The number of hydrogen-bond donors (Lipinski definition) is 3. The zero-order chi connectivity index (χ0) is 15.8. The van der Waals surface area contributed by atoms with Gasteiger partial charge in [0.05, 0.1) is 19.8 Å². The van der Waals surface area contributed by atoms with Gasteiger partial charge in [-0.05, 0) is 6.42 Å². The van der Waals surface area contributed by atoms with Gasteiger partial charge in [-0.25, -0.2) is 4.79 Å². The van der Waals surface area contributed by atoms with Crippen LogP contribution in [-0.4, -0.2) is 75.5 Å². The van der Waals surface area contributed by atoms with E-state index in [1.54, 1.807) is 0 Å². The highest BCUT2D eigenvalue weighted by atomic mass is 16.5. The molecular formula is C14H26N4O4. The van der Waals surface area contributed by atoms with Crippen molar-refractivity contribution >= 4 is 11.9 Å². The number of ether oxygens (including phenoxy) is 2. The second-order valence-electron chi connectivity index (χ2n) is 5.68. The molecule has 2 aliphatic heterocycles. The molecule has 0 aromatic carbocycles. The first-order valence-electron chi connectivity index (χ1n) is 7.86. The number of amides is 3. The second-order valence-corrected chi connectivity index (χ2v) is 5.68. The Morgan fingerprint density at radius 1 is 1.18 bits per heavy atom. The number of urea groups is 1. The molecule has 0 aromatic rings. The van der Waals surface area contributed by atoms with Gasteiger partial charge in [-0.3, -0.25) is 9.69 Å². The van der Waals surface area contributed by atoms with Crippen LogP contribution in [0.2, 0.25) is 0 Å². The maximum Gasteiger partial charge on any atom is 0.312 e. The minimum Gasteiger partial charge on any atom is -0.381 e. The number of nitrogens with zero attached hydrogens (tertiary/aromatic N) is 1. The Balaban J connectivity index is 1.78. The Bertz CT molecular complexity index is 368. The molecule has 2 fully saturated rings. The Morgan fingerprint density at radius 3 is 2.59 bits per heavy atom. The van der Waals surface area contributed by atoms with Gasteiger partial charge in [0.1, 0.15) is 0 Å². The van der Waals surface area contributed by atoms with Crippen LogP contribution in [-0.2, 0) is 14.3 Å². The van der Waals surface area contributed by atoms with E-state index in [-0.39, 0.29) is 24.9 Å². The minimum absolute atomic E-state index is 0.0778. The van der Waals surface area contributed by atoms with Gasteiger partial charge in [0.15, 0.2) is 0 Å². The lowest BCUT2D eigenvalue weighted by Gasteiger charge is -2.37. The van der Waals surface area contributed by atoms with E-state index in [9.17, 15) is 9.59 Å². The summed E-state index contributed by atoms with van der Waals surface area (Å²) in [7, 11) is 0. The molecule has 22 heavy (non-hydrogen) atoms. The minimum atomic E-state index is -0.609. The summed E-state index contributed by atoms with van der Waals surface area (Å²) in [6.45, 7) is 5.66. The van der Waals surface area contributed by atoms with Crippen molar-refractivity contribution in [2.24, 2.45) is 11.7 Å². The first kappa shape index (κ1) is 17.0. The van der Waals surface area contributed by atoms with Crippen molar-refractivity contribution < 1.29 is 19.1 Å². The Morgan fingerprint density at radius 2 is 1.95 bits per heavy atom. The van der Waals surface area contributed by atoms with Gasteiger partial charge in [-0.1, -0.05) is 0 Å². The van der Waals surface area contributed by atoms with Crippen molar-refractivity contribution in [1.29, 1.82) is 0 Å². The van der Waals surface area contributed by atoms with Crippen LogP contribution >= 0.6 is 0 Å². The lowest BCUT2D eigenvalue weighted by atomic mass is 9.97. The highest BCUT2D eigenvalue weighted by Crippen LogP contribution is 2.21. The third kappa shape index (κ3) is 5.43. The molecule has 0 bridgehead atoms. The maximum absolute atomic E-state index is 11.8. The average Bonchev–Trinajstić information content (AvgIpc) is 3.02. The first-order valence-corrected chi connectivity index (χ1v) is 7.86. The van der Waals surface area contributed by atoms with Crippen molar-refractivity contribution in [2.75, 3.05) is 52.6 Å². The van der Waals surface area contributed by atoms with Crippen molar-refractivity contribution in [3.8, 4) is 0 Å². The number of carbonyl (C=O) groups excluding carboxylic acids is 2. The number of morpholine rings is 1. The van der Waals surface area contributed by atoms with Gasteiger partial charge in [0.2, 0.25) is 5.91 Å². The van der Waals surface area contributed by atoms with E-state index in [1.807, 2.05) is 0 Å². The standard InChI is InChI=1S/C14H26N4O4/c15-14(20)16-3-1-13(19)17-9-12(11-2-6-22-10-11)18-4-7-21-8-5-18/h11-12H,1-10H2,(H,17,19)(H3,15,16,20)/t11-,12-/m1/s1. The molecule has 0 radical (unpaired) electrons. The summed E-state index contributed by atoms with van der Waals surface area (Å²) < 4.78 is 10.9. The molecule has 0 unspecified atom stereocenters. The fourth-order valence-electron chi connectivity index (χ4n) is 2.97. The molecule has 8 nitrogen and oxygen atoms in total. The smallest absolute Gasteiger partial charge is 0.312 e. The zero-order valence-corrected chi connectivity index (χ0v) is 12.9. The van der Waals surface area contributed by atoms with Gasteiger partial charge < -0.3 is 25.8 Å². The fourth-order valence-corrected chi connectivity index (χ4v) is 2.97. The molecule has 126 valence electrons. The molecule has 3 amide bonds. The van der Waals surface area contributed by atoms with Crippen LogP contribution in [0.25, 0.3) is 0 Å². The van der Waals surface area contributed by atoms with Crippen LogP contribution in [0.1, 0.15) is 12.8 Å². The number of nitrogens with one attached hydrogen (secondary N) is 2. The number of primary amides is 1. The summed E-state index contributed by atoms with van der Waals surface area (Å²) in [5, 5.41) is 5.38. The van der Waals surface area contributed by atoms with Gasteiger partial charge >= 0.3 is 6.03 Å². The number of rotatable bonds is 7. The van der Waals surface area contributed by atoms with E-state index < -0.39 is 6.03 Å². The number of hydrogen-bond acceptors (Lipinski definition) is 5. The summed E-state index contributed by atoms with van der Waals surface area (Å²) in [6, 6.07) is -0.332. The SMILES string of the molecule is NC(=O)NCCC(=O)NC[C@H]([C@@H]1CCOC1)N1CCOCC1. The molecule has 0 spiro atoms. The molecule has 0 saturated carbocycles. The summed E-state index contributed by atoms with van der Waals surface area (Å²) in [4.78, 5) is 24.8. The lowest BCUT2D eigenvalue weighted by Crippen LogP contribution is -2.52. The van der Waals surface area contributed by atoms with Gasteiger partial charge in [-0.2, -0.15) is 0 Å². The molecule has 2 saturated heterocycles. The molecule has 2 heterocycles. The predicted octanol–water partition coefficient (Wildman–Crippen LogP) is -1.10. The fraction of sp³-hybridized carbons (Fsp3) is 0.857. The van der Waals surface area contributed by atoms with Crippen LogP contribution in [0.3, 0.4) is 0 Å². The Labute approximate surface area is 130 Å². The summed E-state index contributed by atoms with van der Waals surface area (Å²) in [5.41, 5.74) is 4.97. The van der Waals surface area contributed by atoms with Crippen LogP contribution in [0.5, 0.6) is 0 Å². The van der Waals surface area contributed by atoms with Crippen LogP contribution in [0.4, 0.5) is 4.79 Å². The van der Waals surface area contributed by atoms with E-state index >= 15 is 0 Å². The summed E-state index contributed by atoms with van der Waals surface area (Å²) in [6.07, 6.45) is 1.26. The normalized spacial score (nSPS) is 23.9. The van der Waals surface area contributed by atoms with Crippen LogP contribution < -0.4 is 16.4 Å². The van der Waals surface area contributed by atoms with Crippen LogP contribution in [0, 0.1) is 5.92 Å². The molecule has 0 aliphatic carbocycles. The van der Waals surface area contributed by atoms with Gasteiger partial charge in [-0.15, -0.1) is 0 Å². The van der Waals surface area contributed by atoms with E-state index in [2.05, 4.69) is 15.5 Å². The van der Waals surface area contributed by atoms with Crippen molar-refractivity contribution in [3.63, 3.8) is 0 Å². The maximum atomic E-state index is 11.8. The van der Waals surface area contributed by atoms with E-state index in [0.29, 0.717) is 12.5 Å². The highest BCUT2D eigenvalue weighted by Gasteiger charge is 2.31. The van der Waals surface area contributed by atoms with E-state index in [1.165, 1.54) is 0 Å². The van der Waals surface area contributed by atoms with Crippen molar-refractivity contribution in [1.82, 2.24) is 15.5 Å². The van der Waals surface area contributed by atoms with E-state index in [4.69, 9.17) is 15.2 Å². The summed E-state index contributed by atoms with van der Waals surface area (Å²) >= 11 is 0. The second kappa shape index (κ2) is 8.92. The molecule has 0 aromatic heterocycles. The average molecular weight is 314 g/mol. The van der Waals surface area contributed by atoms with Gasteiger partial charge in [0, 0.05) is 51.2 Å². The van der Waals surface area contributed by atoms with Gasteiger partial charge in [0.25, 0.3) is 0 Å². The highest BCUT2D eigenvalue weighted by molar-refractivity contribution is 5.77. The topological polar surface area (TPSA) is 106 Å². The van der Waals surface area contributed by atoms with E-state index in [0.717, 1.165) is 45.9 Å². The molecule has 2 atom stereocenters. The van der Waals surface area contributed by atoms with Crippen molar-refractivity contribution in [3.05, 3.63) is 0 Å². The lowest BCUT2D eigenvalue weighted by molar-refractivity contribution is -0.121. The molecule has 4 N–H and O–H groups in total. The van der Waals surface area contributed by atoms with Crippen LogP contribution in [0.15, 0.2) is 0 Å². The molecular weight excluding hydrogens is 288 g/mol. The molecule has 2 rings (SSSR count). The number of carbonyl (C=O) groups is 2. The monoisotopic (exact) mass is 314 g/mol.